The summed E-state index contributed by atoms with van der Waals surface area (Å²) in [6, 6.07) is 0.368. The van der Waals surface area contributed by atoms with Crippen molar-refractivity contribution in [3.63, 3.8) is 0 Å². The molecule has 1 aliphatic rings. The SMILES string of the molecule is O=[N+]([O-])c1cc(F)c(NC2C=CS(=O)(=O)C2)c(F)c1. The van der Waals surface area contributed by atoms with E-state index in [1.807, 2.05) is 0 Å². The van der Waals surface area contributed by atoms with E-state index in [9.17, 15) is 27.3 Å². The first-order valence-corrected chi connectivity index (χ1v) is 6.81. The minimum absolute atomic E-state index is 0.317. The van der Waals surface area contributed by atoms with Crippen LogP contribution in [0.2, 0.25) is 0 Å². The van der Waals surface area contributed by atoms with Crippen LogP contribution < -0.4 is 5.32 Å². The van der Waals surface area contributed by atoms with Gasteiger partial charge in [-0.15, -0.1) is 0 Å². The van der Waals surface area contributed by atoms with Crippen LogP contribution in [0.25, 0.3) is 0 Å². The smallest absolute Gasteiger partial charge is 0.275 e. The van der Waals surface area contributed by atoms with E-state index in [0.717, 1.165) is 5.41 Å². The highest BCUT2D eigenvalue weighted by atomic mass is 32.2. The van der Waals surface area contributed by atoms with E-state index in [1.165, 1.54) is 6.08 Å². The van der Waals surface area contributed by atoms with Crippen molar-refractivity contribution >= 4 is 21.2 Å². The van der Waals surface area contributed by atoms with Crippen LogP contribution in [0.5, 0.6) is 0 Å². The van der Waals surface area contributed by atoms with Gasteiger partial charge < -0.3 is 5.32 Å². The molecule has 0 saturated carbocycles. The Morgan fingerprint density at radius 2 is 1.89 bits per heavy atom. The normalized spacial score (nSPS) is 20.4. The standard InChI is InChI=1S/C10H8F2N2O4S/c11-8-3-7(14(15)16)4-9(12)10(8)13-6-1-2-19(17,18)5-6/h1-4,6,13H,5H2. The zero-order valence-corrected chi connectivity index (χ0v) is 10.2. The van der Waals surface area contributed by atoms with Crippen LogP contribution in [-0.2, 0) is 9.84 Å². The molecule has 0 spiro atoms. The molecule has 0 aromatic heterocycles. The summed E-state index contributed by atoms with van der Waals surface area (Å²) in [6.45, 7) is 0. The summed E-state index contributed by atoms with van der Waals surface area (Å²) in [7, 11) is -3.36. The monoisotopic (exact) mass is 290 g/mol. The fourth-order valence-corrected chi connectivity index (χ4v) is 2.89. The third-order valence-corrected chi connectivity index (χ3v) is 3.89. The fourth-order valence-electron chi connectivity index (χ4n) is 1.65. The maximum Gasteiger partial charge on any atom is 0.275 e. The first-order valence-electron chi connectivity index (χ1n) is 5.09. The Hall–Kier alpha value is -2.03. The molecule has 1 aliphatic heterocycles. The summed E-state index contributed by atoms with van der Waals surface area (Å²) in [5.74, 6) is -2.61. The van der Waals surface area contributed by atoms with Crippen molar-refractivity contribution in [3.8, 4) is 0 Å². The van der Waals surface area contributed by atoms with E-state index in [-0.39, 0.29) is 5.75 Å². The highest BCUT2D eigenvalue weighted by molar-refractivity contribution is 7.94. The lowest BCUT2D eigenvalue weighted by atomic mass is 10.2. The Kier molecular flexibility index (Phi) is 3.23. The number of nitrogens with zero attached hydrogens (tertiary/aromatic N) is 1. The summed E-state index contributed by atoms with van der Waals surface area (Å²) in [5.41, 5.74) is -1.30. The molecule has 9 heteroatoms. The van der Waals surface area contributed by atoms with Crippen molar-refractivity contribution in [3.05, 3.63) is 45.4 Å². The second-order valence-corrected chi connectivity index (χ2v) is 5.88. The number of nitrogens with one attached hydrogen (secondary N) is 1. The van der Waals surface area contributed by atoms with E-state index in [1.54, 1.807) is 0 Å². The van der Waals surface area contributed by atoms with Crippen molar-refractivity contribution in [2.45, 2.75) is 6.04 Å². The van der Waals surface area contributed by atoms with Gasteiger partial charge in [-0.2, -0.15) is 0 Å². The number of nitro benzene ring substituents is 1. The van der Waals surface area contributed by atoms with Crippen LogP contribution in [0.1, 0.15) is 0 Å². The molecule has 1 aromatic rings. The summed E-state index contributed by atoms with van der Waals surface area (Å²) in [4.78, 5) is 9.49. The van der Waals surface area contributed by atoms with Crippen LogP contribution in [0.3, 0.4) is 0 Å². The number of rotatable bonds is 3. The van der Waals surface area contributed by atoms with Crippen LogP contribution in [-0.4, -0.2) is 25.1 Å². The fraction of sp³-hybridized carbons (Fsp3) is 0.200. The molecule has 1 unspecified atom stereocenters. The average Bonchev–Trinajstić information content (AvgIpc) is 2.63. The largest absolute Gasteiger partial charge is 0.373 e. The van der Waals surface area contributed by atoms with Crippen LogP contribution >= 0.6 is 0 Å². The molecule has 1 heterocycles. The second-order valence-electron chi connectivity index (χ2n) is 3.95. The molecule has 1 aromatic carbocycles. The van der Waals surface area contributed by atoms with Gasteiger partial charge in [-0.1, -0.05) is 6.08 Å². The van der Waals surface area contributed by atoms with Gasteiger partial charge >= 0.3 is 0 Å². The molecule has 0 radical (unpaired) electrons. The molecule has 0 fully saturated rings. The molecule has 102 valence electrons. The maximum atomic E-state index is 13.5. The lowest BCUT2D eigenvalue weighted by molar-refractivity contribution is -0.385. The van der Waals surface area contributed by atoms with E-state index in [0.29, 0.717) is 12.1 Å². The molecule has 0 aliphatic carbocycles. The highest BCUT2D eigenvalue weighted by Crippen LogP contribution is 2.26. The molecule has 0 saturated heterocycles. The van der Waals surface area contributed by atoms with E-state index < -0.39 is 43.8 Å². The number of hydrogen-bond acceptors (Lipinski definition) is 5. The molecular weight excluding hydrogens is 282 g/mol. The number of hydrogen-bond donors (Lipinski definition) is 1. The third kappa shape index (κ3) is 2.87. The van der Waals surface area contributed by atoms with Crippen molar-refractivity contribution in [1.29, 1.82) is 0 Å². The highest BCUT2D eigenvalue weighted by Gasteiger charge is 2.24. The van der Waals surface area contributed by atoms with E-state index in [4.69, 9.17) is 0 Å². The van der Waals surface area contributed by atoms with Gasteiger partial charge in [-0.25, -0.2) is 17.2 Å². The van der Waals surface area contributed by atoms with Gasteiger partial charge in [0.05, 0.1) is 28.9 Å². The van der Waals surface area contributed by atoms with Gasteiger partial charge in [0.2, 0.25) is 0 Å². The van der Waals surface area contributed by atoms with Gasteiger partial charge in [0.15, 0.2) is 21.5 Å². The number of sulfone groups is 1. The Balaban J connectivity index is 2.27. The van der Waals surface area contributed by atoms with Crippen molar-refractivity contribution in [2.24, 2.45) is 0 Å². The molecule has 6 nitrogen and oxygen atoms in total. The Morgan fingerprint density at radius 3 is 2.32 bits per heavy atom. The molecule has 1 N–H and O–H groups in total. The molecule has 0 amide bonds. The van der Waals surface area contributed by atoms with Gasteiger partial charge in [0.25, 0.3) is 5.69 Å². The van der Waals surface area contributed by atoms with Gasteiger partial charge in [-0.05, 0) is 0 Å². The Morgan fingerprint density at radius 1 is 1.32 bits per heavy atom. The summed E-state index contributed by atoms with van der Waals surface area (Å²) < 4.78 is 49.4. The zero-order valence-electron chi connectivity index (χ0n) is 9.34. The summed E-state index contributed by atoms with van der Waals surface area (Å²) in [6.07, 6.45) is 1.26. The topological polar surface area (TPSA) is 89.3 Å². The minimum Gasteiger partial charge on any atom is -0.373 e. The van der Waals surface area contributed by atoms with Crippen molar-refractivity contribution in [1.82, 2.24) is 0 Å². The number of benzene rings is 1. The molecule has 2 rings (SSSR count). The number of non-ortho nitro benzene ring substituents is 1. The Labute approximate surface area is 106 Å². The lowest BCUT2D eigenvalue weighted by Crippen LogP contribution is -2.22. The lowest BCUT2D eigenvalue weighted by Gasteiger charge is -2.12. The first-order chi connectivity index (χ1) is 8.78. The summed E-state index contributed by atoms with van der Waals surface area (Å²) in [5, 5.41) is 13.7. The molecular formula is C10H8F2N2O4S. The summed E-state index contributed by atoms with van der Waals surface area (Å²) >= 11 is 0. The quantitative estimate of drug-likeness (QED) is 0.674. The van der Waals surface area contributed by atoms with Crippen molar-refractivity contribution in [2.75, 3.05) is 11.1 Å². The van der Waals surface area contributed by atoms with Gasteiger partial charge in [0, 0.05) is 5.41 Å². The van der Waals surface area contributed by atoms with Crippen LogP contribution in [0, 0.1) is 21.7 Å². The Bertz CT molecular complexity index is 649. The van der Waals surface area contributed by atoms with Crippen LogP contribution in [0.4, 0.5) is 20.2 Å². The number of halogens is 2. The van der Waals surface area contributed by atoms with E-state index >= 15 is 0 Å². The average molecular weight is 290 g/mol. The van der Waals surface area contributed by atoms with Gasteiger partial charge in [0.1, 0.15) is 5.69 Å². The zero-order chi connectivity index (χ0) is 14.2. The number of nitro groups is 1. The van der Waals surface area contributed by atoms with Gasteiger partial charge in [-0.3, -0.25) is 10.1 Å². The molecule has 0 bridgehead atoms. The first kappa shape index (κ1) is 13.4. The number of anilines is 1. The van der Waals surface area contributed by atoms with Crippen molar-refractivity contribution < 1.29 is 22.1 Å². The third-order valence-electron chi connectivity index (χ3n) is 2.50. The maximum absolute atomic E-state index is 13.5. The molecule has 19 heavy (non-hydrogen) atoms. The predicted molar refractivity (Wildman–Crippen MR) is 63.3 cm³/mol. The predicted octanol–water partition coefficient (Wildman–Crippen LogP) is 1.60. The minimum atomic E-state index is -3.36. The van der Waals surface area contributed by atoms with Crippen LogP contribution in [0.15, 0.2) is 23.6 Å². The van der Waals surface area contributed by atoms with E-state index in [2.05, 4.69) is 5.32 Å². The molecule has 1 atom stereocenters. The second kappa shape index (κ2) is 4.57.